The van der Waals surface area contributed by atoms with Gasteiger partial charge in [0.15, 0.2) is 0 Å². The summed E-state index contributed by atoms with van der Waals surface area (Å²) in [7, 11) is 0. The Hall–Kier alpha value is -3.14. The number of pyridine rings is 1. The monoisotopic (exact) mass is 359 g/mol. The molecule has 3 N–H and O–H groups in total. The van der Waals surface area contributed by atoms with Crippen LogP contribution in [0.4, 0.5) is 5.69 Å². The molecule has 4 nitrogen and oxygen atoms in total. The second-order valence-corrected chi connectivity index (χ2v) is 6.71. The highest BCUT2D eigenvalue weighted by Gasteiger charge is 2.07. The summed E-state index contributed by atoms with van der Waals surface area (Å²) in [5.41, 5.74) is 12.4. The van der Waals surface area contributed by atoms with Crippen LogP contribution in [0.15, 0.2) is 60.9 Å². The van der Waals surface area contributed by atoms with E-state index in [2.05, 4.69) is 36.2 Å². The molecule has 0 spiro atoms. The van der Waals surface area contributed by atoms with Crippen molar-refractivity contribution in [2.75, 3.05) is 12.3 Å². The van der Waals surface area contributed by atoms with Crippen LogP contribution in [0.3, 0.4) is 0 Å². The molecule has 0 radical (unpaired) electrons. The summed E-state index contributed by atoms with van der Waals surface area (Å²) in [6, 6.07) is 16.1. The Morgan fingerprint density at radius 3 is 2.67 bits per heavy atom. The molecule has 0 saturated heterocycles. The zero-order valence-corrected chi connectivity index (χ0v) is 15.8. The lowest BCUT2D eigenvalue weighted by atomic mass is 10.0. The first kappa shape index (κ1) is 18.6. The van der Waals surface area contributed by atoms with E-state index in [1.807, 2.05) is 24.3 Å². The molecule has 0 saturated carbocycles. The number of nitrogens with one attached hydrogen (secondary N) is 1. The number of rotatable bonds is 7. The standard InChI is InChI=1S/C23H25N3O/c1-16-6-3-4-7-18(16)8-5-11-27-21-12-20(14-26-15-21)19-9-10-23(25)22(13-19)17(2)24/h3-4,6-7,9-10,12-15,24H,5,8,11,25H2,1-2H3. The minimum absolute atomic E-state index is 0.450. The maximum absolute atomic E-state index is 7.86. The number of nitrogens with zero attached hydrogens (tertiary/aromatic N) is 1. The van der Waals surface area contributed by atoms with E-state index < -0.39 is 0 Å². The molecule has 3 rings (SSSR count). The van der Waals surface area contributed by atoms with Crippen LogP contribution in [-0.4, -0.2) is 17.3 Å². The second-order valence-electron chi connectivity index (χ2n) is 6.71. The van der Waals surface area contributed by atoms with Gasteiger partial charge in [-0.05, 0) is 61.6 Å². The van der Waals surface area contributed by atoms with E-state index >= 15 is 0 Å². The smallest absolute Gasteiger partial charge is 0.138 e. The van der Waals surface area contributed by atoms with E-state index in [1.165, 1.54) is 11.1 Å². The van der Waals surface area contributed by atoms with Gasteiger partial charge in [0.25, 0.3) is 0 Å². The fraction of sp³-hybridized carbons (Fsp3) is 0.217. The summed E-state index contributed by atoms with van der Waals surface area (Å²) in [5.74, 6) is 0.752. The number of ether oxygens (including phenoxy) is 1. The SMILES string of the molecule is CC(=N)c1cc(-c2cncc(OCCCc3ccccc3C)c2)ccc1N. The van der Waals surface area contributed by atoms with Gasteiger partial charge in [0.1, 0.15) is 5.75 Å². The van der Waals surface area contributed by atoms with Crippen LogP contribution in [0.2, 0.25) is 0 Å². The molecule has 0 aliphatic carbocycles. The summed E-state index contributed by atoms with van der Waals surface area (Å²) in [5, 5.41) is 7.86. The van der Waals surface area contributed by atoms with Gasteiger partial charge in [-0.25, -0.2) is 0 Å². The van der Waals surface area contributed by atoms with Crippen molar-refractivity contribution in [2.24, 2.45) is 0 Å². The number of nitrogen functional groups attached to an aromatic ring is 1. The first-order chi connectivity index (χ1) is 13.0. The summed E-state index contributed by atoms with van der Waals surface area (Å²) < 4.78 is 5.90. The van der Waals surface area contributed by atoms with Gasteiger partial charge in [0.05, 0.1) is 12.8 Å². The number of aryl methyl sites for hydroxylation is 2. The van der Waals surface area contributed by atoms with E-state index in [9.17, 15) is 0 Å². The molecule has 0 aliphatic heterocycles. The fourth-order valence-electron chi connectivity index (χ4n) is 3.06. The Bertz CT molecular complexity index is 950. The molecule has 0 atom stereocenters. The number of aromatic nitrogens is 1. The van der Waals surface area contributed by atoms with Crippen LogP contribution < -0.4 is 10.5 Å². The second kappa shape index (κ2) is 8.49. The Balaban J connectivity index is 1.65. The van der Waals surface area contributed by atoms with Gasteiger partial charge in [-0.2, -0.15) is 0 Å². The Kier molecular flexibility index (Phi) is 5.87. The quantitative estimate of drug-likeness (QED) is 0.353. The highest BCUT2D eigenvalue weighted by molar-refractivity contribution is 6.02. The van der Waals surface area contributed by atoms with Crippen molar-refractivity contribution in [3.63, 3.8) is 0 Å². The van der Waals surface area contributed by atoms with Crippen molar-refractivity contribution in [3.05, 3.63) is 77.6 Å². The third-order valence-electron chi connectivity index (χ3n) is 4.62. The normalized spacial score (nSPS) is 10.6. The van der Waals surface area contributed by atoms with Crippen molar-refractivity contribution in [1.82, 2.24) is 4.98 Å². The summed E-state index contributed by atoms with van der Waals surface area (Å²) in [4.78, 5) is 4.30. The zero-order chi connectivity index (χ0) is 19.2. The van der Waals surface area contributed by atoms with Crippen molar-refractivity contribution in [3.8, 4) is 16.9 Å². The van der Waals surface area contributed by atoms with Gasteiger partial charge in [-0.1, -0.05) is 30.3 Å². The Morgan fingerprint density at radius 2 is 1.89 bits per heavy atom. The molecule has 0 bridgehead atoms. The molecule has 0 unspecified atom stereocenters. The summed E-state index contributed by atoms with van der Waals surface area (Å²) in [6.45, 7) is 4.52. The van der Waals surface area contributed by atoms with Crippen LogP contribution in [0.1, 0.15) is 30.0 Å². The highest BCUT2D eigenvalue weighted by atomic mass is 16.5. The van der Waals surface area contributed by atoms with Gasteiger partial charge in [0.2, 0.25) is 0 Å². The molecule has 0 fully saturated rings. The van der Waals surface area contributed by atoms with E-state index in [0.717, 1.165) is 35.3 Å². The van der Waals surface area contributed by atoms with Crippen molar-refractivity contribution >= 4 is 11.4 Å². The summed E-state index contributed by atoms with van der Waals surface area (Å²) in [6.07, 6.45) is 5.49. The largest absolute Gasteiger partial charge is 0.492 e. The average molecular weight is 359 g/mol. The van der Waals surface area contributed by atoms with E-state index in [-0.39, 0.29) is 0 Å². The molecule has 3 aromatic rings. The van der Waals surface area contributed by atoms with Crippen molar-refractivity contribution < 1.29 is 4.74 Å². The minimum Gasteiger partial charge on any atom is -0.492 e. The number of anilines is 1. The average Bonchev–Trinajstić information content (AvgIpc) is 2.67. The van der Waals surface area contributed by atoms with Gasteiger partial charge in [-0.3, -0.25) is 4.98 Å². The number of benzene rings is 2. The van der Waals surface area contributed by atoms with Gasteiger partial charge >= 0.3 is 0 Å². The van der Waals surface area contributed by atoms with Crippen LogP contribution in [0, 0.1) is 12.3 Å². The first-order valence-electron chi connectivity index (χ1n) is 9.12. The molecule has 0 aliphatic rings. The lowest BCUT2D eigenvalue weighted by Crippen LogP contribution is -2.01. The highest BCUT2D eigenvalue weighted by Crippen LogP contribution is 2.26. The molecular weight excluding hydrogens is 334 g/mol. The maximum Gasteiger partial charge on any atom is 0.138 e. The molecule has 138 valence electrons. The van der Waals surface area contributed by atoms with E-state index in [1.54, 1.807) is 19.3 Å². The van der Waals surface area contributed by atoms with Crippen LogP contribution in [0.25, 0.3) is 11.1 Å². The Labute approximate surface area is 160 Å². The van der Waals surface area contributed by atoms with E-state index in [4.69, 9.17) is 15.9 Å². The predicted octanol–water partition coefficient (Wildman–Crippen LogP) is 5.04. The summed E-state index contributed by atoms with van der Waals surface area (Å²) >= 11 is 0. The van der Waals surface area contributed by atoms with Crippen LogP contribution in [-0.2, 0) is 6.42 Å². The molecule has 1 heterocycles. The molecule has 4 heteroatoms. The molecular formula is C23H25N3O. The number of hydrogen-bond acceptors (Lipinski definition) is 4. The van der Waals surface area contributed by atoms with Crippen molar-refractivity contribution in [1.29, 1.82) is 5.41 Å². The van der Waals surface area contributed by atoms with Crippen LogP contribution >= 0.6 is 0 Å². The zero-order valence-electron chi connectivity index (χ0n) is 15.8. The minimum atomic E-state index is 0.450. The number of hydrogen-bond donors (Lipinski definition) is 2. The molecule has 27 heavy (non-hydrogen) atoms. The molecule has 2 aromatic carbocycles. The van der Waals surface area contributed by atoms with E-state index in [0.29, 0.717) is 18.0 Å². The lowest BCUT2D eigenvalue weighted by Gasteiger charge is -2.10. The predicted molar refractivity (Wildman–Crippen MR) is 112 cm³/mol. The number of nitrogens with two attached hydrogens (primary N) is 1. The lowest BCUT2D eigenvalue weighted by molar-refractivity contribution is 0.310. The third-order valence-corrected chi connectivity index (χ3v) is 4.62. The topological polar surface area (TPSA) is 72.0 Å². The third kappa shape index (κ3) is 4.73. The molecule has 0 amide bonds. The molecule has 1 aromatic heterocycles. The first-order valence-corrected chi connectivity index (χ1v) is 9.12. The van der Waals surface area contributed by atoms with Crippen molar-refractivity contribution in [2.45, 2.75) is 26.7 Å². The van der Waals surface area contributed by atoms with Crippen LogP contribution in [0.5, 0.6) is 5.75 Å². The van der Waals surface area contributed by atoms with Gasteiger partial charge < -0.3 is 15.9 Å². The Morgan fingerprint density at radius 1 is 1.07 bits per heavy atom. The van der Waals surface area contributed by atoms with Gasteiger partial charge in [0, 0.05) is 28.7 Å². The maximum atomic E-state index is 7.86. The van der Waals surface area contributed by atoms with Gasteiger partial charge in [-0.15, -0.1) is 0 Å². The fourth-order valence-corrected chi connectivity index (χ4v) is 3.06.